The van der Waals surface area contributed by atoms with Gasteiger partial charge in [-0.15, -0.1) is 0 Å². The highest BCUT2D eigenvalue weighted by Gasteiger charge is 2.12. The molecular weight excluding hydrogens is 280 g/mol. The molecular formula is C15H15F2NO3. The first kappa shape index (κ1) is 14.9. The zero-order valence-corrected chi connectivity index (χ0v) is 11.3. The van der Waals surface area contributed by atoms with Gasteiger partial charge in [0, 0.05) is 23.4 Å². The number of hydrogen-bond acceptors (Lipinski definition) is 4. The molecule has 0 bridgehead atoms. The van der Waals surface area contributed by atoms with Crippen LogP contribution < -0.4 is 10.1 Å². The van der Waals surface area contributed by atoms with Crippen molar-refractivity contribution in [1.82, 2.24) is 0 Å². The van der Waals surface area contributed by atoms with Gasteiger partial charge in [0.25, 0.3) is 0 Å². The van der Waals surface area contributed by atoms with Crippen LogP contribution in [0.25, 0.3) is 0 Å². The van der Waals surface area contributed by atoms with Crippen molar-refractivity contribution in [2.45, 2.75) is 19.6 Å². The van der Waals surface area contributed by atoms with E-state index in [2.05, 4.69) is 10.1 Å². The molecule has 2 rings (SSSR count). The minimum Gasteiger partial charge on any atom is -0.508 e. The summed E-state index contributed by atoms with van der Waals surface area (Å²) in [6, 6.07) is 10.2. The number of phenols is 2. The van der Waals surface area contributed by atoms with E-state index in [0.29, 0.717) is 11.3 Å². The van der Waals surface area contributed by atoms with E-state index in [1.54, 1.807) is 25.1 Å². The van der Waals surface area contributed by atoms with Gasteiger partial charge < -0.3 is 20.3 Å². The minimum absolute atomic E-state index is 0.0317. The summed E-state index contributed by atoms with van der Waals surface area (Å²) in [5.74, 6) is -0.0251. The van der Waals surface area contributed by atoms with E-state index in [4.69, 9.17) is 0 Å². The lowest BCUT2D eigenvalue weighted by atomic mass is 10.1. The van der Waals surface area contributed by atoms with E-state index >= 15 is 0 Å². The van der Waals surface area contributed by atoms with Crippen molar-refractivity contribution in [1.29, 1.82) is 0 Å². The molecule has 2 aromatic carbocycles. The average Bonchev–Trinajstić information content (AvgIpc) is 2.37. The number of aromatic hydroxyl groups is 2. The molecule has 3 N–H and O–H groups in total. The highest BCUT2D eigenvalue weighted by atomic mass is 19.3. The van der Waals surface area contributed by atoms with Crippen LogP contribution in [0.4, 0.5) is 14.5 Å². The van der Waals surface area contributed by atoms with Gasteiger partial charge in [-0.2, -0.15) is 8.78 Å². The van der Waals surface area contributed by atoms with Crippen molar-refractivity contribution in [3.05, 3.63) is 48.0 Å². The number of rotatable bonds is 5. The topological polar surface area (TPSA) is 61.7 Å². The third kappa shape index (κ3) is 3.98. The van der Waals surface area contributed by atoms with Crippen molar-refractivity contribution < 1.29 is 23.7 Å². The Hall–Kier alpha value is -2.50. The van der Waals surface area contributed by atoms with E-state index in [-0.39, 0.29) is 23.3 Å². The maximum atomic E-state index is 12.2. The largest absolute Gasteiger partial charge is 0.508 e. The molecule has 1 atom stereocenters. The summed E-state index contributed by atoms with van der Waals surface area (Å²) in [5.41, 5.74) is 1.15. The smallest absolute Gasteiger partial charge is 0.387 e. The number of nitrogens with one attached hydrogen (secondary N) is 1. The first-order valence-electron chi connectivity index (χ1n) is 6.29. The third-order valence-corrected chi connectivity index (χ3v) is 2.92. The molecule has 0 heterocycles. The van der Waals surface area contributed by atoms with Crippen molar-refractivity contribution >= 4 is 5.69 Å². The summed E-state index contributed by atoms with van der Waals surface area (Å²) >= 11 is 0. The van der Waals surface area contributed by atoms with Gasteiger partial charge in [-0.25, -0.2) is 0 Å². The molecule has 0 aliphatic heterocycles. The lowest BCUT2D eigenvalue weighted by Crippen LogP contribution is -2.07. The summed E-state index contributed by atoms with van der Waals surface area (Å²) < 4.78 is 28.7. The molecule has 6 heteroatoms. The highest BCUT2D eigenvalue weighted by molar-refractivity contribution is 5.51. The number of phenolic OH excluding ortho intramolecular Hbond substituents is 2. The SMILES string of the molecule is CC(Nc1cccc(OC(F)F)c1)c1ccc(O)cc1O. The Morgan fingerprint density at radius 3 is 2.52 bits per heavy atom. The van der Waals surface area contributed by atoms with Crippen LogP contribution in [-0.4, -0.2) is 16.8 Å². The first-order valence-corrected chi connectivity index (χ1v) is 6.29. The van der Waals surface area contributed by atoms with E-state index in [1.807, 2.05) is 0 Å². The number of anilines is 1. The Bertz CT molecular complexity index is 620. The fraction of sp³-hybridized carbons (Fsp3) is 0.200. The summed E-state index contributed by atoms with van der Waals surface area (Å²) in [5, 5.41) is 22.1. The molecule has 1 unspecified atom stereocenters. The van der Waals surface area contributed by atoms with E-state index in [9.17, 15) is 19.0 Å². The van der Waals surface area contributed by atoms with Gasteiger partial charge in [0.1, 0.15) is 17.2 Å². The average molecular weight is 295 g/mol. The molecule has 112 valence electrons. The number of hydrogen-bond donors (Lipinski definition) is 3. The van der Waals surface area contributed by atoms with E-state index < -0.39 is 6.61 Å². The molecule has 0 amide bonds. The zero-order chi connectivity index (χ0) is 15.4. The third-order valence-electron chi connectivity index (χ3n) is 2.92. The van der Waals surface area contributed by atoms with Crippen LogP contribution in [0.15, 0.2) is 42.5 Å². The second-order valence-corrected chi connectivity index (χ2v) is 4.52. The second kappa shape index (κ2) is 6.30. The zero-order valence-electron chi connectivity index (χ0n) is 11.3. The molecule has 2 aromatic rings. The number of alkyl halides is 2. The molecule has 0 aliphatic rings. The molecule has 0 aromatic heterocycles. The molecule has 4 nitrogen and oxygen atoms in total. The summed E-state index contributed by atoms with van der Waals surface area (Å²) in [7, 11) is 0. The Labute approximate surface area is 120 Å². The summed E-state index contributed by atoms with van der Waals surface area (Å²) in [4.78, 5) is 0. The fourth-order valence-electron chi connectivity index (χ4n) is 1.99. The molecule has 0 fully saturated rings. The van der Waals surface area contributed by atoms with Crippen LogP contribution in [0.1, 0.15) is 18.5 Å². The Kier molecular flexibility index (Phi) is 4.47. The first-order chi connectivity index (χ1) is 9.95. The fourth-order valence-corrected chi connectivity index (χ4v) is 1.99. The van der Waals surface area contributed by atoms with Crippen LogP contribution in [0.3, 0.4) is 0 Å². The van der Waals surface area contributed by atoms with Gasteiger partial charge in [0.05, 0.1) is 6.04 Å². The predicted octanol–water partition coefficient (Wildman–Crippen LogP) is 3.87. The van der Waals surface area contributed by atoms with Crippen LogP contribution in [0, 0.1) is 0 Å². The van der Waals surface area contributed by atoms with Gasteiger partial charge in [0.15, 0.2) is 0 Å². The Balaban J connectivity index is 2.13. The van der Waals surface area contributed by atoms with Crippen LogP contribution in [0.5, 0.6) is 17.2 Å². The number of benzene rings is 2. The molecule has 0 radical (unpaired) electrons. The summed E-state index contributed by atoms with van der Waals surface area (Å²) in [6.45, 7) is -1.08. The van der Waals surface area contributed by atoms with Crippen molar-refractivity contribution in [3.8, 4) is 17.2 Å². The van der Waals surface area contributed by atoms with E-state index in [1.165, 1.54) is 24.3 Å². The number of halogens is 2. The molecule has 0 spiro atoms. The minimum atomic E-state index is -2.88. The molecule has 0 saturated heterocycles. The molecule has 21 heavy (non-hydrogen) atoms. The quantitative estimate of drug-likeness (QED) is 0.783. The highest BCUT2D eigenvalue weighted by Crippen LogP contribution is 2.30. The lowest BCUT2D eigenvalue weighted by Gasteiger charge is -2.17. The summed E-state index contributed by atoms with van der Waals surface area (Å²) in [6.07, 6.45) is 0. The van der Waals surface area contributed by atoms with Crippen molar-refractivity contribution in [2.24, 2.45) is 0 Å². The predicted molar refractivity (Wildman–Crippen MR) is 74.9 cm³/mol. The van der Waals surface area contributed by atoms with Crippen LogP contribution in [0.2, 0.25) is 0 Å². The van der Waals surface area contributed by atoms with Crippen molar-refractivity contribution in [3.63, 3.8) is 0 Å². The normalized spacial score (nSPS) is 12.2. The lowest BCUT2D eigenvalue weighted by molar-refractivity contribution is -0.0498. The maximum Gasteiger partial charge on any atom is 0.387 e. The Morgan fingerprint density at radius 2 is 1.86 bits per heavy atom. The van der Waals surface area contributed by atoms with Gasteiger partial charge >= 0.3 is 6.61 Å². The van der Waals surface area contributed by atoms with Crippen LogP contribution in [-0.2, 0) is 0 Å². The number of ether oxygens (including phenoxy) is 1. The Morgan fingerprint density at radius 1 is 1.10 bits per heavy atom. The standard InChI is InChI=1S/C15H15F2NO3/c1-9(13-6-5-11(19)8-14(13)20)18-10-3-2-4-12(7-10)21-15(16)17/h2-9,15,18-20H,1H3. The molecule has 0 aliphatic carbocycles. The van der Waals surface area contributed by atoms with Crippen molar-refractivity contribution in [2.75, 3.05) is 5.32 Å². The monoisotopic (exact) mass is 295 g/mol. The van der Waals surface area contributed by atoms with E-state index in [0.717, 1.165) is 0 Å². The van der Waals surface area contributed by atoms with Gasteiger partial charge in [-0.1, -0.05) is 6.07 Å². The van der Waals surface area contributed by atoms with Crippen LogP contribution >= 0.6 is 0 Å². The second-order valence-electron chi connectivity index (χ2n) is 4.52. The maximum absolute atomic E-state index is 12.2. The molecule has 0 saturated carbocycles. The van der Waals surface area contributed by atoms with Gasteiger partial charge in [-0.05, 0) is 31.2 Å². The van der Waals surface area contributed by atoms with Gasteiger partial charge in [0.2, 0.25) is 0 Å². The van der Waals surface area contributed by atoms with Gasteiger partial charge in [-0.3, -0.25) is 0 Å².